The number of unbranched alkanes of at least 4 members (excludes halogenated alkanes) is 2. The molecular formula is C15H24O. The highest BCUT2D eigenvalue weighted by atomic mass is 16.3. The van der Waals surface area contributed by atoms with E-state index >= 15 is 0 Å². The zero-order valence-corrected chi connectivity index (χ0v) is 10.8. The molecule has 0 spiro atoms. The van der Waals surface area contributed by atoms with Crippen molar-refractivity contribution in [3.05, 3.63) is 35.4 Å². The SMILES string of the molecule is CCCCCC(C)(O)Cc1cccc(C)c1. The van der Waals surface area contributed by atoms with E-state index in [0.29, 0.717) is 0 Å². The largest absolute Gasteiger partial charge is 0.390 e. The van der Waals surface area contributed by atoms with E-state index in [2.05, 4.69) is 38.1 Å². The van der Waals surface area contributed by atoms with E-state index < -0.39 is 5.60 Å². The molecule has 1 N–H and O–H groups in total. The Bertz CT molecular complexity index is 315. The van der Waals surface area contributed by atoms with Crippen LogP contribution in [-0.2, 0) is 6.42 Å². The molecule has 1 aromatic carbocycles. The van der Waals surface area contributed by atoms with Crippen LogP contribution in [0.5, 0.6) is 0 Å². The molecule has 1 heteroatoms. The topological polar surface area (TPSA) is 20.2 Å². The first kappa shape index (κ1) is 13.2. The zero-order chi connectivity index (χ0) is 12.0. The average molecular weight is 220 g/mol. The Hall–Kier alpha value is -0.820. The fourth-order valence-electron chi connectivity index (χ4n) is 2.11. The van der Waals surface area contributed by atoms with Gasteiger partial charge < -0.3 is 5.11 Å². The molecule has 0 aliphatic carbocycles. The molecule has 0 aliphatic rings. The van der Waals surface area contributed by atoms with Gasteiger partial charge in [-0.3, -0.25) is 0 Å². The van der Waals surface area contributed by atoms with E-state index in [-0.39, 0.29) is 0 Å². The van der Waals surface area contributed by atoms with Crippen molar-refractivity contribution in [1.29, 1.82) is 0 Å². The summed E-state index contributed by atoms with van der Waals surface area (Å²) < 4.78 is 0. The van der Waals surface area contributed by atoms with Gasteiger partial charge in [-0.05, 0) is 25.8 Å². The predicted molar refractivity (Wildman–Crippen MR) is 69.6 cm³/mol. The molecule has 0 saturated heterocycles. The van der Waals surface area contributed by atoms with E-state index in [1.165, 1.54) is 24.0 Å². The Kier molecular flexibility index (Phi) is 5.01. The van der Waals surface area contributed by atoms with E-state index in [9.17, 15) is 5.11 Å². The maximum atomic E-state index is 10.3. The predicted octanol–water partition coefficient (Wildman–Crippen LogP) is 3.87. The van der Waals surface area contributed by atoms with E-state index in [4.69, 9.17) is 0 Å². The number of hydrogen-bond donors (Lipinski definition) is 1. The van der Waals surface area contributed by atoms with Crippen LogP contribution in [0.15, 0.2) is 24.3 Å². The third-order valence-electron chi connectivity index (χ3n) is 2.99. The van der Waals surface area contributed by atoms with E-state index in [1.54, 1.807) is 0 Å². The average Bonchev–Trinajstić information content (AvgIpc) is 2.17. The third kappa shape index (κ3) is 4.80. The second kappa shape index (κ2) is 6.05. The van der Waals surface area contributed by atoms with Crippen LogP contribution in [0.3, 0.4) is 0 Å². The molecule has 0 radical (unpaired) electrons. The molecule has 1 rings (SSSR count). The molecule has 0 saturated carbocycles. The molecule has 0 bridgehead atoms. The minimum absolute atomic E-state index is 0.553. The van der Waals surface area contributed by atoms with Crippen LogP contribution in [0, 0.1) is 6.92 Å². The van der Waals surface area contributed by atoms with E-state index in [1.807, 2.05) is 6.92 Å². The summed E-state index contributed by atoms with van der Waals surface area (Å²) >= 11 is 0. The molecule has 1 aromatic rings. The maximum absolute atomic E-state index is 10.3. The molecule has 90 valence electrons. The zero-order valence-electron chi connectivity index (χ0n) is 10.8. The van der Waals surface area contributed by atoms with Gasteiger partial charge in [-0.15, -0.1) is 0 Å². The number of benzene rings is 1. The maximum Gasteiger partial charge on any atom is 0.0660 e. The van der Waals surface area contributed by atoms with Crippen molar-refractivity contribution < 1.29 is 5.11 Å². The van der Waals surface area contributed by atoms with Crippen LogP contribution >= 0.6 is 0 Å². The van der Waals surface area contributed by atoms with Crippen molar-refractivity contribution in [1.82, 2.24) is 0 Å². The fourth-order valence-corrected chi connectivity index (χ4v) is 2.11. The van der Waals surface area contributed by atoms with Gasteiger partial charge in [-0.2, -0.15) is 0 Å². The molecule has 0 fully saturated rings. The lowest BCUT2D eigenvalue weighted by Crippen LogP contribution is -2.27. The molecule has 1 atom stereocenters. The van der Waals surface area contributed by atoms with Crippen LogP contribution in [-0.4, -0.2) is 10.7 Å². The smallest absolute Gasteiger partial charge is 0.0660 e. The third-order valence-corrected chi connectivity index (χ3v) is 2.99. The summed E-state index contributed by atoms with van der Waals surface area (Å²) in [6.07, 6.45) is 5.20. The molecule has 0 heterocycles. The van der Waals surface area contributed by atoms with Crippen molar-refractivity contribution in [3.63, 3.8) is 0 Å². The Morgan fingerprint density at radius 1 is 1.25 bits per heavy atom. The van der Waals surface area contributed by atoms with Crippen LogP contribution in [0.25, 0.3) is 0 Å². The number of aliphatic hydroxyl groups is 1. The molecule has 0 aromatic heterocycles. The minimum Gasteiger partial charge on any atom is -0.390 e. The van der Waals surface area contributed by atoms with Crippen LogP contribution in [0.1, 0.15) is 50.7 Å². The highest BCUT2D eigenvalue weighted by Crippen LogP contribution is 2.20. The summed E-state index contributed by atoms with van der Waals surface area (Å²) in [5.74, 6) is 0. The first-order valence-electron chi connectivity index (χ1n) is 6.31. The monoisotopic (exact) mass is 220 g/mol. The van der Waals surface area contributed by atoms with Gasteiger partial charge >= 0.3 is 0 Å². The lowest BCUT2D eigenvalue weighted by molar-refractivity contribution is 0.0486. The van der Waals surface area contributed by atoms with Gasteiger partial charge in [0.25, 0.3) is 0 Å². The summed E-state index contributed by atoms with van der Waals surface area (Å²) in [5.41, 5.74) is 1.95. The normalized spacial score (nSPS) is 14.8. The second-order valence-electron chi connectivity index (χ2n) is 5.12. The number of aryl methyl sites for hydroxylation is 1. The van der Waals surface area contributed by atoms with E-state index in [0.717, 1.165) is 19.3 Å². The van der Waals surface area contributed by atoms with Gasteiger partial charge in [0, 0.05) is 6.42 Å². The standard InChI is InChI=1S/C15H24O/c1-4-5-6-10-15(3,16)12-14-9-7-8-13(2)11-14/h7-9,11,16H,4-6,10,12H2,1-3H3. The van der Waals surface area contributed by atoms with Gasteiger partial charge in [0.15, 0.2) is 0 Å². The minimum atomic E-state index is -0.553. The number of hydrogen-bond acceptors (Lipinski definition) is 1. The Morgan fingerprint density at radius 3 is 2.62 bits per heavy atom. The Labute approximate surface area is 99.5 Å². The second-order valence-corrected chi connectivity index (χ2v) is 5.12. The van der Waals surface area contributed by atoms with Crippen molar-refractivity contribution in [2.75, 3.05) is 0 Å². The molecule has 0 amide bonds. The fraction of sp³-hybridized carbons (Fsp3) is 0.600. The van der Waals surface area contributed by atoms with Gasteiger partial charge in [-0.25, -0.2) is 0 Å². The van der Waals surface area contributed by atoms with Gasteiger partial charge in [0.2, 0.25) is 0 Å². The van der Waals surface area contributed by atoms with Gasteiger partial charge in [0.05, 0.1) is 5.60 Å². The summed E-state index contributed by atoms with van der Waals surface area (Å²) in [6.45, 7) is 6.23. The summed E-state index contributed by atoms with van der Waals surface area (Å²) in [5, 5.41) is 10.3. The van der Waals surface area contributed by atoms with Crippen molar-refractivity contribution >= 4 is 0 Å². The summed E-state index contributed by atoms with van der Waals surface area (Å²) in [7, 11) is 0. The van der Waals surface area contributed by atoms with Gasteiger partial charge in [0.1, 0.15) is 0 Å². The lowest BCUT2D eigenvalue weighted by atomic mass is 9.90. The highest BCUT2D eigenvalue weighted by Gasteiger charge is 2.19. The Balaban J connectivity index is 2.51. The van der Waals surface area contributed by atoms with Crippen molar-refractivity contribution in [2.45, 2.75) is 58.5 Å². The van der Waals surface area contributed by atoms with Crippen LogP contribution < -0.4 is 0 Å². The first-order chi connectivity index (χ1) is 7.53. The quantitative estimate of drug-likeness (QED) is 0.722. The summed E-state index contributed by atoms with van der Waals surface area (Å²) in [6, 6.07) is 8.41. The van der Waals surface area contributed by atoms with Crippen molar-refractivity contribution in [2.24, 2.45) is 0 Å². The van der Waals surface area contributed by atoms with Crippen molar-refractivity contribution in [3.8, 4) is 0 Å². The van der Waals surface area contributed by atoms with Gasteiger partial charge in [-0.1, -0.05) is 56.0 Å². The molecule has 16 heavy (non-hydrogen) atoms. The highest BCUT2D eigenvalue weighted by molar-refractivity contribution is 5.23. The Morgan fingerprint density at radius 2 is 2.00 bits per heavy atom. The van der Waals surface area contributed by atoms with Crippen LogP contribution in [0.2, 0.25) is 0 Å². The molecule has 0 aliphatic heterocycles. The summed E-state index contributed by atoms with van der Waals surface area (Å²) in [4.78, 5) is 0. The van der Waals surface area contributed by atoms with Crippen LogP contribution in [0.4, 0.5) is 0 Å². The molecule has 1 nitrogen and oxygen atoms in total. The lowest BCUT2D eigenvalue weighted by Gasteiger charge is -2.23. The molecule has 1 unspecified atom stereocenters. The number of rotatable bonds is 6. The molecular weight excluding hydrogens is 196 g/mol. The first-order valence-corrected chi connectivity index (χ1v) is 6.31.